The molecule has 0 unspecified atom stereocenters. The van der Waals surface area contributed by atoms with Crippen LogP contribution in [-0.4, -0.2) is 12.6 Å². The first-order valence-corrected chi connectivity index (χ1v) is 8.07. The smallest absolute Gasteiger partial charge is 0.0425 e. The Morgan fingerprint density at radius 2 is 1.84 bits per heavy atom. The number of halogens is 1. The lowest BCUT2D eigenvalue weighted by Crippen LogP contribution is -2.38. The van der Waals surface area contributed by atoms with Crippen LogP contribution in [0.4, 0.5) is 5.69 Å². The molecule has 1 rings (SSSR count). The highest BCUT2D eigenvalue weighted by Gasteiger charge is 2.19. The van der Waals surface area contributed by atoms with Gasteiger partial charge in [0.15, 0.2) is 0 Å². The van der Waals surface area contributed by atoms with Gasteiger partial charge in [-0.2, -0.15) is 0 Å². The molecule has 0 aliphatic rings. The number of rotatable bonds is 7. The van der Waals surface area contributed by atoms with E-state index in [0.717, 1.165) is 11.0 Å². The molecular formula is C16H27BrN2. The molecule has 0 radical (unpaired) electrons. The molecule has 2 nitrogen and oxygen atoms in total. The van der Waals surface area contributed by atoms with Crippen LogP contribution in [-0.2, 0) is 6.54 Å². The zero-order valence-electron chi connectivity index (χ0n) is 12.6. The molecule has 0 saturated carbocycles. The van der Waals surface area contributed by atoms with Gasteiger partial charge in [0.05, 0.1) is 0 Å². The van der Waals surface area contributed by atoms with Crippen LogP contribution in [0.15, 0.2) is 22.7 Å². The van der Waals surface area contributed by atoms with E-state index in [1.165, 1.54) is 24.1 Å². The quantitative estimate of drug-likeness (QED) is 0.795. The van der Waals surface area contributed by atoms with Crippen LogP contribution in [0.2, 0.25) is 0 Å². The zero-order valence-corrected chi connectivity index (χ0v) is 14.2. The Morgan fingerprint density at radius 3 is 2.32 bits per heavy atom. The van der Waals surface area contributed by atoms with Crippen LogP contribution in [0, 0.1) is 5.92 Å². The topological polar surface area (TPSA) is 29.3 Å². The van der Waals surface area contributed by atoms with Gasteiger partial charge in [-0.1, -0.05) is 49.7 Å². The minimum absolute atomic E-state index is 0.585. The maximum absolute atomic E-state index is 5.91. The van der Waals surface area contributed by atoms with E-state index in [0.29, 0.717) is 18.5 Å². The molecule has 0 heterocycles. The van der Waals surface area contributed by atoms with Crippen molar-refractivity contribution in [1.29, 1.82) is 0 Å². The summed E-state index contributed by atoms with van der Waals surface area (Å²) in [7, 11) is 0. The second-order valence-electron chi connectivity index (χ2n) is 5.49. The van der Waals surface area contributed by atoms with Gasteiger partial charge in [0, 0.05) is 29.3 Å². The fourth-order valence-electron chi connectivity index (χ4n) is 2.54. The number of nitrogens with two attached hydrogens (primary N) is 1. The first kappa shape index (κ1) is 16.5. The molecule has 0 amide bonds. The summed E-state index contributed by atoms with van der Waals surface area (Å²) in [6, 6.07) is 7.01. The van der Waals surface area contributed by atoms with Gasteiger partial charge < -0.3 is 10.6 Å². The van der Waals surface area contributed by atoms with E-state index in [-0.39, 0.29) is 0 Å². The molecule has 0 aromatic heterocycles. The second-order valence-corrected chi connectivity index (χ2v) is 6.41. The normalized spacial score (nSPS) is 11.4. The predicted octanol–water partition coefficient (Wildman–Crippen LogP) is 4.56. The van der Waals surface area contributed by atoms with E-state index in [1.807, 2.05) is 0 Å². The standard InChI is InChI=1S/C16H27BrN2/c1-5-15(6-2)19(11-12(3)4)16-9-14(17)8-7-13(16)10-18/h7-9,12,15H,5-6,10-11,18H2,1-4H3. The Balaban J connectivity index is 3.18. The lowest BCUT2D eigenvalue weighted by molar-refractivity contribution is 0.506. The van der Waals surface area contributed by atoms with Gasteiger partial charge in [0.25, 0.3) is 0 Å². The first-order valence-electron chi connectivity index (χ1n) is 7.28. The van der Waals surface area contributed by atoms with Crippen molar-refractivity contribution in [3.05, 3.63) is 28.2 Å². The summed E-state index contributed by atoms with van der Waals surface area (Å²) in [5, 5.41) is 0. The largest absolute Gasteiger partial charge is 0.368 e. The Kier molecular flexibility index (Phi) is 6.87. The highest BCUT2D eigenvalue weighted by molar-refractivity contribution is 9.10. The van der Waals surface area contributed by atoms with Crippen LogP contribution >= 0.6 is 15.9 Å². The maximum Gasteiger partial charge on any atom is 0.0425 e. The van der Waals surface area contributed by atoms with Crippen molar-refractivity contribution in [2.45, 2.75) is 53.1 Å². The summed E-state index contributed by atoms with van der Waals surface area (Å²) in [5.41, 5.74) is 8.43. The molecule has 1 aromatic rings. The molecule has 0 fully saturated rings. The van der Waals surface area contributed by atoms with Crippen molar-refractivity contribution in [3.63, 3.8) is 0 Å². The molecule has 0 aliphatic heterocycles. The van der Waals surface area contributed by atoms with Crippen molar-refractivity contribution in [3.8, 4) is 0 Å². The summed E-state index contributed by atoms with van der Waals surface area (Å²) in [4.78, 5) is 2.54. The molecular weight excluding hydrogens is 300 g/mol. The van der Waals surface area contributed by atoms with Gasteiger partial charge in [-0.25, -0.2) is 0 Å². The van der Waals surface area contributed by atoms with Crippen molar-refractivity contribution in [2.75, 3.05) is 11.4 Å². The van der Waals surface area contributed by atoms with Gasteiger partial charge in [-0.15, -0.1) is 0 Å². The Labute approximate surface area is 126 Å². The zero-order chi connectivity index (χ0) is 14.4. The average molecular weight is 327 g/mol. The molecule has 2 N–H and O–H groups in total. The fourth-order valence-corrected chi connectivity index (χ4v) is 2.89. The second kappa shape index (κ2) is 7.91. The van der Waals surface area contributed by atoms with Crippen molar-refractivity contribution < 1.29 is 0 Å². The van der Waals surface area contributed by atoms with Gasteiger partial charge >= 0.3 is 0 Å². The maximum atomic E-state index is 5.91. The Bertz CT molecular complexity index is 386. The lowest BCUT2D eigenvalue weighted by atomic mass is 10.0. The molecule has 3 heteroatoms. The SMILES string of the molecule is CCC(CC)N(CC(C)C)c1cc(Br)ccc1CN. The third-order valence-corrected chi connectivity index (χ3v) is 4.02. The van der Waals surface area contributed by atoms with Crippen molar-refractivity contribution in [1.82, 2.24) is 0 Å². The third-order valence-electron chi connectivity index (χ3n) is 3.52. The van der Waals surface area contributed by atoms with E-state index in [2.05, 4.69) is 66.7 Å². The molecule has 0 atom stereocenters. The van der Waals surface area contributed by atoms with E-state index in [4.69, 9.17) is 5.73 Å². The first-order chi connectivity index (χ1) is 9.03. The van der Waals surface area contributed by atoms with Gasteiger partial charge in [0.2, 0.25) is 0 Å². The van der Waals surface area contributed by atoms with Crippen molar-refractivity contribution in [2.24, 2.45) is 11.7 Å². The summed E-state index contributed by atoms with van der Waals surface area (Å²) in [5.74, 6) is 0.644. The van der Waals surface area contributed by atoms with E-state index in [1.54, 1.807) is 0 Å². The van der Waals surface area contributed by atoms with E-state index >= 15 is 0 Å². The molecule has 0 bridgehead atoms. The van der Waals surface area contributed by atoms with E-state index in [9.17, 15) is 0 Å². The summed E-state index contributed by atoms with van der Waals surface area (Å²) in [6.07, 6.45) is 2.33. The number of hydrogen-bond acceptors (Lipinski definition) is 2. The highest BCUT2D eigenvalue weighted by Crippen LogP contribution is 2.29. The molecule has 19 heavy (non-hydrogen) atoms. The fraction of sp³-hybridized carbons (Fsp3) is 0.625. The molecule has 0 spiro atoms. The molecule has 108 valence electrons. The van der Waals surface area contributed by atoms with Crippen molar-refractivity contribution >= 4 is 21.6 Å². The van der Waals surface area contributed by atoms with Crippen LogP contribution < -0.4 is 10.6 Å². The van der Waals surface area contributed by atoms with Crippen LogP contribution in [0.3, 0.4) is 0 Å². The third kappa shape index (κ3) is 4.50. The Hall–Kier alpha value is -0.540. The predicted molar refractivity (Wildman–Crippen MR) is 88.6 cm³/mol. The molecule has 0 aliphatic carbocycles. The van der Waals surface area contributed by atoms with Crippen LogP contribution in [0.5, 0.6) is 0 Å². The van der Waals surface area contributed by atoms with Crippen LogP contribution in [0.1, 0.15) is 46.1 Å². The number of hydrogen-bond donors (Lipinski definition) is 1. The summed E-state index contributed by atoms with van der Waals surface area (Å²) >= 11 is 3.59. The Morgan fingerprint density at radius 1 is 1.21 bits per heavy atom. The number of nitrogens with zero attached hydrogens (tertiary/aromatic N) is 1. The summed E-state index contributed by atoms with van der Waals surface area (Å²) < 4.78 is 1.12. The van der Waals surface area contributed by atoms with Gasteiger partial charge in [0.1, 0.15) is 0 Å². The van der Waals surface area contributed by atoms with Crippen LogP contribution in [0.25, 0.3) is 0 Å². The number of benzene rings is 1. The highest BCUT2D eigenvalue weighted by atomic mass is 79.9. The average Bonchev–Trinajstić information content (AvgIpc) is 2.38. The number of anilines is 1. The van der Waals surface area contributed by atoms with Gasteiger partial charge in [-0.3, -0.25) is 0 Å². The van der Waals surface area contributed by atoms with Gasteiger partial charge in [-0.05, 0) is 36.5 Å². The molecule has 1 aromatic carbocycles. The van der Waals surface area contributed by atoms with E-state index < -0.39 is 0 Å². The summed E-state index contributed by atoms with van der Waals surface area (Å²) in [6.45, 7) is 10.8. The minimum Gasteiger partial charge on any atom is -0.368 e. The minimum atomic E-state index is 0.585. The molecule has 0 saturated heterocycles. The monoisotopic (exact) mass is 326 g/mol. The lowest BCUT2D eigenvalue weighted by Gasteiger charge is -2.35.